The predicted molar refractivity (Wildman–Crippen MR) is 89.1 cm³/mol. The minimum atomic E-state index is -7.15. The van der Waals surface area contributed by atoms with Gasteiger partial charge in [0.25, 0.3) is 0 Å². The Morgan fingerprint density at radius 3 is 0.561 bits per heavy atom. The Kier molecular flexibility index (Phi) is 14.0. The van der Waals surface area contributed by atoms with Crippen molar-refractivity contribution in [1.82, 2.24) is 0 Å². The molecular formula is C5H2BF15O15S5. The largest absolute Gasteiger partial charge is 0.685 e. The molecule has 0 bridgehead atoms. The van der Waals surface area contributed by atoms with Crippen molar-refractivity contribution < 1.29 is 129 Å². The summed E-state index contributed by atoms with van der Waals surface area (Å²) in [5.41, 5.74) is -30.6. The third-order valence-corrected chi connectivity index (χ3v) is 6.15. The van der Waals surface area contributed by atoms with Crippen LogP contribution < -0.4 is 0 Å². The van der Waals surface area contributed by atoms with Crippen LogP contribution in [0.1, 0.15) is 0 Å². The van der Waals surface area contributed by atoms with Gasteiger partial charge >= 0.3 is 85.5 Å². The molecule has 2 N–H and O–H groups in total. The maximum atomic E-state index is 12.0. The summed E-state index contributed by atoms with van der Waals surface area (Å²) < 4.78 is 293. The van der Waals surface area contributed by atoms with E-state index in [1.54, 1.807) is 0 Å². The first-order valence-corrected chi connectivity index (χ1v) is 14.2. The molecule has 0 saturated carbocycles. The Balaban J connectivity index is -0.000000731. The zero-order valence-electron chi connectivity index (χ0n) is 17.0. The van der Waals surface area contributed by atoms with Gasteiger partial charge in [0.2, 0.25) is 0 Å². The fourth-order valence-corrected chi connectivity index (χ4v) is 1.85. The van der Waals surface area contributed by atoms with Gasteiger partial charge in [0.1, 0.15) is 0 Å². The van der Waals surface area contributed by atoms with Crippen molar-refractivity contribution in [3.05, 3.63) is 0 Å². The van der Waals surface area contributed by atoms with E-state index in [1.165, 1.54) is 0 Å². The van der Waals surface area contributed by atoms with Crippen LogP contribution in [0, 0.1) is 0 Å². The van der Waals surface area contributed by atoms with E-state index < -0.39 is 85.5 Å². The maximum absolute atomic E-state index is 12.0. The van der Waals surface area contributed by atoms with Gasteiger partial charge in [-0.05, 0) is 0 Å². The van der Waals surface area contributed by atoms with E-state index >= 15 is 0 Å². The van der Waals surface area contributed by atoms with Crippen LogP contribution in [0.5, 0.6) is 0 Å². The van der Waals surface area contributed by atoms with Gasteiger partial charge in [-0.2, -0.15) is 108 Å². The molecule has 0 aliphatic rings. The normalized spacial score (nSPS) is 14.8. The van der Waals surface area contributed by atoms with Crippen LogP contribution in [0.2, 0.25) is 0 Å². The van der Waals surface area contributed by atoms with Crippen LogP contribution in [0.3, 0.4) is 0 Å². The third kappa shape index (κ3) is 15.0. The van der Waals surface area contributed by atoms with Crippen molar-refractivity contribution in [1.29, 1.82) is 0 Å². The minimum Gasteiger partial charge on any atom is -0.279 e. The second-order valence-corrected chi connectivity index (χ2v) is 12.6. The number of hydrogen-bond acceptors (Lipinski definition) is 13. The van der Waals surface area contributed by atoms with Crippen LogP contribution in [-0.2, 0) is 62.9 Å². The Hall–Kier alpha value is -1.44. The SMILES string of the molecule is O=S(=O)(O)C(F)(F)F.O=S(=O)(O)C(F)(F)F.O=S(=O)(OB(OS(=O)(=O)C(F)(F)F)OS(=O)(=O)C(F)(F)F)C(F)(F)F. The maximum Gasteiger partial charge on any atom is 0.685 e. The lowest BCUT2D eigenvalue weighted by molar-refractivity contribution is -0.0563. The first-order chi connectivity index (χ1) is 17.0. The first kappa shape index (κ1) is 44.0. The van der Waals surface area contributed by atoms with Crippen molar-refractivity contribution in [2.45, 2.75) is 27.5 Å². The monoisotopic (exact) mass is 758 g/mol. The van der Waals surface area contributed by atoms with Gasteiger partial charge in [-0.1, -0.05) is 0 Å². The lowest BCUT2D eigenvalue weighted by Crippen LogP contribution is -2.43. The summed E-state index contributed by atoms with van der Waals surface area (Å²) in [6, 6.07) is 0. The lowest BCUT2D eigenvalue weighted by atomic mass is 10.3. The van der Waals surface area contributed by atoms with Gasteiger partial charge < -0.3 is 0 Å². The van der Waals surface area contributed by atoms with Crippen molar-refractivity contribution in [3.63, 3.8) is 0 Å². The van der Waals surface area contributed by atoms with E-state index in [2.05, 4.69) is 12.3 Å². The van der Waals surface area contributed by atoms with Gasteiger partial charge in [-0.3, -0.25) is 21.4 Å². The molecule has 0 amide bonds. The van der Waals surface area contributed by atoms with E-state index in [9.17, 15) is 91.1 Å². The molecule has 15 nitrogen and oxygen atoms in total. The molecule has 0 atom stereocenters. The van der Waals surface area contributed by atoms with Gasteiger partial charge in [0, 0.05) is 0 Å². The van der Waals surface area contributed by atoms with Crippen molar-refractivity contribution in [2.24, 2.45) is 0 Å². The fraction of sp³-hybridized carbons (Fsp3) is 1.00. The first-order valence-electron chi connectivity index (χ1n) is 7.09. The summed E-state index contributed by atoms with van der Waals surface area (Å²) in [6.45, 7) is 0. The molecule has 0 radical (unpaired) electrons. The van der Waals surface area contributed by atoms with E-state index in [-0.39, 0.29) is 0 Å². The molecule has 0 aromatic rings. The molecule has 0 saturated heterocycles. The smallest absolute Gasteiger partial charge is 0.279 e. The molecule has 0 rings (SSSR count). The van der Waals surface area contributed by atoms with Crippen LogP contribution in [0.4, 0.5) is 65.9 Å². The highest BCUT2D eigenvalue weighted by molar-refractivity contribution is 7.91. The summed E-state index contributed by atoms with van der Waals surface area (Å²) in [5, 5.41) is 0. The van der Waals surface area contributed by atoms with Crippen LogP contribution in [0.25, 0.3) is 0 Å². The highest BCUT2D eigenvalue weighted by Gasteiger charge is 2.59. The van der Waals surface area contributed by atoms with E-state index in [0.717, 1.165) is 0 Å². The van der Waals surface area contributed by atoms with Gasteiger partial charge in [-0.15, -0.1) is 0 Å². The molecule has 41 heavy (non-hydrogen) atoms. The molecule has 0 aliphatic heterocycles. The molecule has 0 unspecified atom stereocenters. The van der Waals surface area contributed by atoms with Gasteiger partial charge in [-0.25, -0.2) is 0 Å². The lowest BCUT2D eigenvalue weighted by Gasteiger charge is -2.16. The third-order valence-electron chi connectivity index (χ3n) is 2.05. The standard InChI is InChI=1S/C3BF9O9S3.2CHF3O3S/c5-1(6,7)23(14,15)20-4(21-24(16,17)2(8,9)10)22-25(18,19)3(11,12)13;2*2-1(3,4)8(5,6)7/h;2*(H,5,6,7). The molecule has 0 aliphatic carbocycles. The summed E-state index contributed by atoms with van der Waals surface area (Å²) in [4.78, 5) is 0. The van der Waals surface area contributed by atoms with Crippen LogP contribution in [-0.4, -0.2) is 86.1 Å². The second-order valence-electron chi connectivity index (χ2n) is 5.12. The Morgan fingerprint density at radius 1 is 0.366 bits per heavy atom. The minimum absolute atomic E-state index is 2.51. The Labute approximate surface area is 215 Å². The zero-order valence-corrected chi connectivity index (χ0v) is 21.1. The summed E-state index contributed by atoms with van der Waals surface area (Å²) in [7, 11) is -37.8. The molecule has 36 heteroatoms. The number of rotatable bonds is 6. The molecule has 0 fully saturated rings. The highest BCUT2D eigenvalue weighted by atomic mass is 32.2. The zero-order chi connectivity index (χ0) is 34.7. The summed E-state index contributed by atoms with van der Waals surface area (Å²) in [5.74, 6) is 0. The second kappa shape index (κ2) is 13.1. The van der Waals surface area contributed by atoms with E-state index in [0.29, 0.717) is 0 Å². The van der Waals surface area contributed by atoms with Crippen molar-refractivity contribution >= 4 is 57.9 Å². The number of alkyl halides is 15. The number of halogens is 15. The average Bonchev–Trinajstić information content (AvgIpc) is 2.54. The Morgan fingerprint density at radius 2 is 0.488 bits per heavy atom. The van der Waals surface area contributed by atoms with Crippen molar-refractivity contribution in [3.8, 4) is 0 Å². The van der Waals surface area contributed by atoms with Crippen LogP contribution >= 0.6 is 0 Å². The molecule has 0 heterocycles. The van der Waals surface area contributed by atoms with Crippen molar-refractivity contribution in [2.75, 3.05) is 0 Å². The molecule has 0 spiro atoms. The number of hydrogen-bond donors (Lipinski definition) is 2. The van der Waals surface area contributed by atoms with Crippen LogP contribution in [0.15, 0.2) is 0 Å². The Bertz CT molecular complexity index is 1260. The quantitative estimate of drug-likeness (QED) is 0.168. The molecule has 0 aromatic carbocycles. The molecule has 250 valence electrons. The van der Waals surface area contributed by atoms with Gasteiger partial charge in [0.15, 0.2) is 0 Å². The predicted octanol–water partition coefficient (Wildman–Crippen LogP) is 1.36. The van der Waals surface area contributed by atoms with Gasteiger partial charge in [0.05, 0.1) is 0 Å². The van der Waals surface area contributed by atoms with E-state index in [1.807, 2.05) is 0 Å². The average molecular weight is 758 g/mol. The van der Waals surface area contributed by atoms with E-state index in [4.69, 9.17) is 25.9 Å². The summed E-state index contributed by atoms with van der Waals surface area (Å²) in [6.07, 6.45) is 0. The fourth-order valence-electron chi connectivity index (χ4n) is 0.522. The molecule has 0 aromatic heterocycles. The highest BCUT2D eigenvalue weighted by Crippen LogP contribution is 2.32. The summed E-state index contributed by atoms with van der Waals surface area (Å²) >= 11 is 0. The molecular weight excluding hydrogens is 756 g/mol. The topological polar surface area (TPSA) is 239 Å².